The molecule has 0 saturated carbocycles. The van der Waals surface area contributed by atoms with Crippen LogP contribution in [0.15, 0.2) is 128 Å². The number of aliphatic hydroxyl groups excluding tert-OH is 1. The second-order valence-electron chi connectivity index (χ2n) is 16.0. The first-order chi connectivity index (χ1) is 28.5. The van der Waals surface area contributed by atoms with E-state index in [9.17, 15) is 9.90 Å². The van der Waals surface area contributed by atoms with E-state index in [-0.39, 0.29) is 30.9 Å². The monoisotopic (exact) mass is 827 g/mol. The van der Waals surface area contributed by atoms with Crippen LogP contribution < -0.4 is 14.5 Å². The first-order valence-electron chi connectivity index (χ1n) is 19.8. The van der Waals surface area contributed by atoms with Gasteiger partial charge in [0.1, 0.15) is 5.75 Å². The zero-order valence-corrected chi connectivity index (χ0v) is 34.6. The Morgan fingerprint density at radius 3 is 2.36 bits per heavy atom. The van der Waals surface area contributed by atoms with Crippen molar-refractivity contribution >= 4 is 48.9 Å². The summed E-state index contributed by atoms with van der Waals surface area (Å²) < 4.78 is 31.4. The number of hydrogen-bond acceptors (Lipinski definition) is 7. The summed E-state index contributed by atoms with van der Waals surface area (Å²) in [6, 6.07) is 37.2. The number of benzene rings is 5. The first-order valence-corrected chi connectivity index (χ1v) is 23.1. The van der Waals surface area contributed by atoms with Crippen molar-refractivity contribution in [1.29, 1.82) is 0 Å². The average Bonchev–Trinajstić information content (AvgIpc) is 3.86. The maximum absolute atomic E-state index is 16.6. The van der Waals surface area contributed by atoms with Gasteiger partial charge in [-0.05, 0) is 85.2 Å². The minimum atomic E-state index is -3.43. The van der Waals surface area contributed by atoms with Crippen LogP contribution in [0.4, 0.5) is 21.2 Å². The second kappa shape index (κ2) is 15.2. The van der Waals surface area contributed by atoms with E-state index in [0.717, 1.165) is 11.1 Å². The quantitative estimate of drug-likeness (QED) is 0.108. The summed E-state index contributed by atoms with van der Waals surface area (Å²) in [6.07, 6.45) is 1.62. The molecule has 9 rings (SSSR count). The van der Waals surface area contributed by atoms with Crippen molar-refractivity contribution in [2.24, 2.45) is 5.92 Å². The van der Waals surface area contributed by atoms with Gasteiger partial charge in [-0.25, -0.2) is 0 Å². The van der Waals surface area contributed by atoms with Crippen LogP contribution in [0.3, 0.4) is 0 Å². The lowest BCUT2D eigenvalue weighted by molar-refractivity contribution is -0.146. The number of carbonyl (C=O) groups excluding carboxylic acids is 2. The number of halogens is 2. The minimum Gasteiger partial charge on any atom is -0.454 e. The molecule has 1 aromatic heterocycles. The minimum absolute atomic E-state index is 0.125. The third-order valence-corrected chi connectivity index (χ3v) is 14.7. The maximum Gasteiger partial charge on any atom is 0.266 e. The van der Waals surface area contributed by atoms with Gasteiger partial charge in [0.2, 0.25) is 8.41 Å². The molecule has 0 aliphatic carbocycles. The molecule has 0 radical (unpaired) electrons. The molecule has 5 atom stereocenters. The Balaban J connectivity index is 0.993. The van der Waals surface area contributed by atoms with Crippen molar-refractivity contribution < 1.29 is 28.3 Å². The Bertz CT molecular complexity index is 2550. The number of anilines is 3. The van der Waals surface area contributed by atoms with Crippen molar-refractivity contribution in [3.05, 3.63) is 160 Å². The number of carbonyl (C=O) groups is 2. The Labute approximate surface area is 347 Å². The molecule has 1 N–H and O–H groups in total. The Kier molecular flexibility index (Phi) is 9.99. The van der Waals surface area contributed by atoms with Crippen molar-refractivity contribution in [1.82, 2.24) is 15.0 Å². The lowest BCUT2D eigenvalue weighted by atomic mass is 9.82. The van der Waals surface area contributed by atoms with E-state index < -0.39 is 31.6 Å². The molecule has 10 nitrogen and oxygen atoms in total. The van der Waals surface area contributed by atoms with Crippen molar-refractivity contribution in [2.75, 3.05) is 16.4 Å². The van der Waals surface area contributed by atoms with Crippen molar-refractivity contribution in [3.63, 3.8) is 0 Å². The Hall–Kier alpha value is -5.66. The fourth-order valence-electron chi connectivity index (χ4n) is 9.34. The zero-order valence-electron chi connectivity index (χ0n) is 32.8. The highest BCUT2D eigenvalue weighted by Gasteiger charge is 2.66. The standard InChI is InChI=1S/C46H43ClFN5O5Si/c1-29-43(59(2,3)48)42(23-24-51-27-37(49-50-51)35(28-54)31-11-5-4-6-12-31)58-46(29)36-25-32(47)19-22-38(36)52(45(46)56)26-30-17-20-33(21-18-30)53-39-14-8-10-16-41(39)57-40-15-9-7-13-34(40)44(53)55/h4-22,25,27,29,35,42-43,54H,23-24,26,28H2,1-3H3/t29-,35?,42+,43-,46+/m0/s1. The number of ether oxygens (including phenoxy) is 2. The summed E-state index contributed by atoms with van der Waals surface area (Å²) in [4.78, 5) is 32.4. The van der Waals surface area contributed by atoms with Gasteiger partial charge in [0.05, 0.1) is 47.8 Å². The van der Waals surface area contributed by atoms with Crippen LogP contribution in [0.25, 0.3) is 0 Å². The summed E-state index contributed by atoms with van der Waals surface area (Å²) >= 11 is 6.63. The van der Waals surface area contributed by atoms with E-state index in [1.165, 1.54) is 0 Å². The van der Waals surface area contributed by atoms with E-state index >= 15 is 8.90 Å². The summed E-state index contributed by atoms with van der Waals surface area (Å²) in [5.41, 5.74) is 3.41. The topological polar surface area (TPSA) is 110 Å². The molecule has 3 aliphatic heterocycles. The molecule has 1 fully saturated rings. The molecule has 6 aromatic rings. The molecule has 2 amide bonds. The summed E-state index contributed by atoms with van der Waals surface area (Å²) in [6.45, 7) is 5.75. The van der Waals surface area contributed by atoms with Crippen LogP contribution in [-0.4, -0.2) is 53.0 Å². The fourth-order valence-corrected chi connectivity index (χ4v) is 12.1. The van der Waals surface area contributed by atoms with E-state index in [1.807, 2.05) is 110 Å². The molecule has 4 heterocycles. The number of para-hydroxylation sites is 3. The molecule has 59 heavy (non-hydrogen) atoms. The van der Waals surface area contributed by atoms with Gasteiger partial charge in [0.15, 0.2) is 11.4 Å². The Morgan fingerprint density at radius 1 is 0.898 bits per heavy atom. The van der Waals surface area contributed by atoms with Gasteiger partial charge in [-0.2, -0.15) is 0 Å². The molecular formula is C46H43ClFN5O5Si. The van der Waals surface area contributed by atoms with Gasteiger partial charge in [0.25, 0.3) is 11.8 Å². The largest absolute Gasteiger partial charge is 0.454 e. The van der Waals surface area contributed by atoms with E-state index in [1.54, 1.807) is 51.8 Å². The molecule has 13 heteroatoms. The highest BCUT2D eigenvalue weighted by molar-refractivity contribution is 6.72. The van der Waals surface area contributed by atoms with Gasteiger partial charge in [-0.1, -0.05) is 90.5 Å². The van der Waals surface area contributed by atoms with Gasteiger partial charge in [-0.3, -0.25) is 19.2 Å². The van der Waals surface area contributed by atoms with E-state index in [4.69, 9.17) is 21.1 Å². The van der Waals surface area contributed by atoms with E-state index in [2.05, 4.69) is 10.3 Å². The first kappa shape index (κ1) is 38.8. The number of nitrogens with zero attached hydrogens (tertiary/aromatic N) is 5. The van der Waals surface area contributed by atoms with Crippen molar-refractivity contribution in [2.45, 2.75) is 62.7 Å². The molecule has 5 aromatic carbocycles. The Morgan fingerprint density at radius 2 is 1.61 bits per heavy atom. The number of rotatable bonds is 10. The summed E-state index contributed by atoms with van der Waals surface area (Å²) in [7, 11) is -3.43. The lowest BCUT2D eigenvalue weighted by Crippen LogP contribution is -2.45. The molecular weight excluding hydrogens is 785 g/mol. The second-order valence-corrected chi connectivity index (χ2v) is 20.3. The number of fused-ring (bicyclic) bond motifs is 4. The predicted molar refractivity (Wildman–Crippen MR) is 227 cm³/mol. The molecule has 1 spiro atoms. The van der Waals surface area contributed by atoms with Crippen LogP contribution >= 0.6 is 11.6 Å². The average molecular weight is 828 g/mol. The van der Waals surface area contributed by atoms with Crippen LogP contribution in [-0.2, 0) is 28.2 Å². The van der Waals surface area contributed by atoms with Gasteiger partial charge in [0, 0.05) is 40.5 Å². The smallest absolute Gasteiger partial charge is 0.266 e. The molecule has 300 valence electrons. The van der Waals surface area contributed by atoms with Gasteiger partial charge in [-0.15, -0.1) is 5.10 Å². The number of aryl methyl sites for hydroxylation is 1. The highest BCUT2D eigenvalue weighted by Crippen LogP contribution is 2.60. The molecule has 0 bridgehead atoms. The zero-order chi connectivity index (χ0) is 41.1. The number of amides is 2. The third-order valence-electron chi connectivity index (χ3n) is 12.0. The SMILES string of the molecule is C[C@H]1[C@H]([Si](C)(C)F)[C@@H](CCn2cc(C(CO)c3ccccc3)nn2)O[C@]12C(=O)N(Cc1ccc(N3C(=O)c4ccccc4Oc4ccccc43)cc1)c1ccc(Cl)cc12. The number of aliphatic hydroxyl groups is 1. The fraction of sp³-hybridized carbons (Fsp3) is 0.261. The molecule has 3 aliphatic rings. The summed E-state index contributed by atoms with van der Waals surface area (Å²) in [5.74, 6) is -0.274. The summed E-state index contributed by atoms with van der Waals surface area (Å²) in [5, 5.41) is 19.4. The lowest BCUT2D eigenvalue weighted by Gasteiger charge is -2.31. The van der Waals surface area contributed by atoms with Crippen molar-refractivity contribution in [3.8, 4) is 11.5 Å². The number of hydrogen-bond donors (Lipinski definition) is 1. The number of aromatic nitrogens is 3. The van der Waals surface area contributed by atoms with Gasteiger partial charge >= 0.3 is 0 Å². The van der Waals surface area contributed by atoms with Crippen LogP contribution in [0.1, 0.15) is 52.0 Å². The van der Waals surface area contributed by atoms with Gasteiger partial charge < -0.3 is 23.6 Å². The normalized spacial score (nSPS) is 21.6. The van der Waals surface area contributed by atoms with Crippen LogP contribution in [0.2, 0.25) is 23.7 Å². The molecule has 1 unspecified atom stereocenters. The molecule has 1 saturated heterocycles. The third kappa shape index (κ3) is 6.73. The van der Waals surface area contributed by atoms with Crippen LogP contribution in [0, 0.1) is 5.92 Å². The predicted octanol–water partition coefficient (Wildman–Crippen LogP) is 9.55. The highest BCUT2D eigenvalue weighted by atomic mass is 35.5. The van der Waals surface area contributed by atoms with E-state index in [0.29, 0.717) is 63.4 Å². The maximum atomic E-state index is 16.6. The van der Waals surface area contributed by atoms with Crippen LogP contribution in [0.5, 0.6) is 11.5 Å².